The maximum absolute atomic E-state index is 7.33. The van der Waals surface area contributed by atoms with E-state index < -0.39 is 0 Å². The molecule has 0 unspecified atom stereocenters. The molecule has 1 aromatic rings. The molecular formula is C12H15N2O-. The zero-order valence-corrected chi connectivity index (χ0v) is 9.24. The highest BCUT2D eigenvalue weighted by molar-refractivity contribution is 6.09. The van der Waals surface area contributed by atoms with Crippen molar-refractivity contribution in [3.8, 4) is 5.75 Å². The fourth-order valence-corrected chi connectivity index (χ4v) is 1.47. The molecule has 0 radical (unpaired) electrons. The zero-order chi connectivity index (χ0) is 11.3. The number of nitrogens with zero attached hydrogens (tertiary/aromatic N) is 1. The van der Waals surface area contributed by atoms with Crippen LogP contribution in [0.15, 0.2) is 24.4 Å². The fourth-order valence-electron chi connectivity index (χ4n) is 1.47. The minimum atomic E-state index is 0.748. The number of nitrogens with one attached hydrogen (secondary N) is 1. The van der Waals surface area contributed by atoms with Gasteiger partial charge in [0.2, 0.25) is 0 Å². The second-order valence-electron chi connectivity index (χ2n) is 3.14. The Labute approximate surface area is 90.3 Å². The highest BCUT2D eigenvalue weighted by Gasteiger charge is 2.06. The lowest BCUT2D eigenvalue weighted by molar-refractivity contribution is 0.410. The summed E-state index contributed by atoms with van der Waals surface area (Å²) in [6, 6.07) is 5.85. The summed E-state index contributed by atoms with van der Waals surface area (Å²) in [5, 5.41) is 11.3. The van der Waals surface area contributed by atoms with Gasteiger partial charge in [0.05, 0.1) is 7.11 Å². The maximum atomic E-state index is 7.33. The highest BCUT2D eigenvalue weighted by Crippen LogP contribution is 2.28. The lowest BCUT2D eigenvalue weighted by Gasteiger charge is -2.14. The van der Waals surface area contributed by atoms with Crippen molar-refractivity contribution >= 4 is 11.8 Å². The molecule has 0 aliphatic rings. The summed E-state index contributed by atoms with van der Waals surface area (Å²) in [6.07, 6.45) is 2.94. The monoisotopic (exact) mass is 203 g/mol. The fraction of sp³-hybridized carbons (Fsp3) is 0.250. The number of hydrogen-bond donors (Lipinski definition) is 1. The molecule has 1 N–H and O–H groups in total. The van der Waals surface area contributed by atoms with Gasteiger partial charge in [0.25, 0.3) is 0 Å². The number of aryl methyl sites for hydroxylation is 1. The van der Waals surface area contributed by atoms with Crippen molar-refractivity contribution in [1.29, 1.82) is 5.41 Å². The van der Waals surface area contributed by atoms with Crippen molar-refractivity contribution in [2.75, 3.05) is 14.2 Å². The first-order valence-corrected chi connectivity index (χ1v) is 4.68. The van der Waals surface area contributed by atoms with Gasteiger partial charge >= 0.3 is 0 Å². The van der Waals surface area contributed by atoms with Crippen LogP contribution in [0.4, 0.5) is 0 Å². The lowest BCUT2D eigenvalue weighted by atomic mass is 10.0. The minimum Gasteiger partial charge on any atom is -0.693 e. The van der Waals surface area contributed by atoms with E-state index in [4.69, 9.17) is 10.1 Å². The third-order valence-corrected chi connectivity index (χ3v) is 2.15. The van der Waals surface area contributed by atoms with E-state index in [9.17, 15) is 0 Å². The van der Waals surface area contributed by atoms with E-state index >= 15 is 0 Å². The van der Waals surface area contributed by atoms with E-state index in [-0.39, 0.29) is 0 Å². The predicted octanol–water partition coefficient (Wildman–Crippen LogP) is 3.00. The Kier molecular flexibility index (Phi) is 3.92. The summed E-state index contributed by atoms with van der Waals surface area (Å²) >= 11 is 0. The van der Waals surface area contributed by atoms with Crippen molar-refractivity contribution in [3.63, 3.8) is 0 Å². The lowest BCUT2D eigenvalue weighted by Crippen LogP contribution is -1.94. The van der Waals surface area contributed by atoms with Gasteiger partial charge < -0.3 is 15.5 Å². The average Bonchev–Trinajstić information content (AvgIpc) is 2.25. The summed E-state index contributed by atoms with van der Waals surface area (Å²) in [5.41, 5.74) is 2.70. The molecule has 0 fully saturated rings. The Balaban J connectivity index is 3.29. The Bertz CT molecular complexity index is 383. The summed E-state index contributed by atoms with van der Waals surface area (Å²) < 4.78 is 5.32. The number of benzene rings is 1. The van der Waals surface area contributed by atoms with Crippen LogP contribution in [0.25, 0.3) is 10.9 Å². The van der Waals surface area contributed by atoms with Crippen LogP contribution >= 0.6 is 0 Å². The average molecular weight is 203 g/mol. The quantitative estimate of drug-likeness (QED) is 0.751. The van der Waals surface area contributed by atoms with Gasteiger partial charge in [-0.25, -0.2) is 0 Å². The molecule has 1 aromatic carbocycles. The molecule has 0 spiro atoms. The molecule has 0 saturated heterocycles. The Morgan fingerprint density at radius 2 is 2.20 bits per heavy atom. The molecule has 0 atom stereocenters. The molecule has 0 amide bonds. The number of para-hydroxylation sites is 1. The van der Waals surface area contributed by atoms with E-state index in [1.807, 2.05) is 25.1 Å². The van der Waals surface area contributed by atoms with Gasteiger partial charge in [-0.3, -0.25) is 0 Å². The van der Waals surface area contributed by atoms with Gasteiger partial charge in [-0.2, -0.15) is 6.20 Å². The molecule has 0 aliphatic carbocycles. The topological polar surface area (TPSA) is 47.2 Å². The summed E-state index contributed by atoms with van der Waals surface area (Å²) in [7, 11) is 3.32. The maximum Gasteiger partial charge on any atom is 0.129 e. The van der Waals surface area contributed by atoms with Crippen LogP contribution in [0.3, 0.4) is 0 Å². The van der Waals surface area contributed by atoms with Crippen LogP contribution in [0, 0.1) is 12.3 Å². The third kappa shape index (κ3) is 2.37. The molecule has 80 valence electrons. The summed E-state index contributed by atoms with van der Waals surface area (Å²) in [5.74, 6) is 0.802. The van der Waals surface area contributed by atoms with Crippen molar-refractivity contribution in [3.05, 3.63) is 40.8 Å². The van der Waals surface area contributed by atoms with Crippen LogP contribution in [0.2, 0.25) is 0 Å². The smallest absolute Gasteiger partial charge is 0.129 e. The normalized spacial score (nSPS) is 11.0. The molecule has 0 saturated carbocycles. The number of methoxy groups -OCH3 is 1. The van der Waals surface area contributed by atoms with E-state index in [0.29, 0.717) is 0 Å². The van der Waals surface area contributed by atoms with Gasteiger partial charge in [-0.1, -0.05) is 18.2 Å². The van der Waals surface area contributed by atoms with E-state index in [2.05, 4.69) is 5.32 Å². The molecule has 3 nitrogen and oxygen atoms in total. The van der Waals surface area contributed by atoms with Crippen LogP contribution in [-0.2, 0) is 0 Å². The Morgan fingerprint density at radius 1 is 1.47 bits per heavy atom. The standard InChI is InChI=1S/C12H15N2O/c1-9-5-4-6-11(12(9)15-3)10(7-13)8-14-2/h4-8,13H,1-3H3/q-1/b10-8+,13-7?. The largest absolute Gasteiger partial charge is 0.693 e. The zero-order valence-electron chi connectivity index (χ0n) is 9.24. The van der Waals surface area contributed by atoms with Crippen molar-refractivity contribution in [2.24, 2.45) is 0 Å². The van der Waals surface area contributed by atoms with E-state index in [0.717, 1.165) is 22.4 Å². The third-order valence-electron chi connectivity index (χ3n) is 2.15. The van der Waals surface area contributed by atoms with Crippen molar-refractivity contribution < 1.29 is 4.74 Å². The highest BCUT2D eigenvalue weighted by atomic mass is 16.5. The molecule has 0 aliphatic heterocycles. The van der Waals surface area contributed by atoms with E-state index in [1.54, 1.807) is 20.4 Å². The van der Waals surface area contributed by atoms with Gasteiger partial charge in [-0.15, -0.1) is 7.05 Å². The summed E-state index contributed by atoms with van der Waals surface area (Å²) in [6.45, 7) is 1.98. The molecule has 15 heavy (non-hydrogen) atoms. The second-order valence-corrected chi connectivity index (χ2v) is 3.14. The van der Waals surface area contributed by atoms with Crippen LogP contribution in [0.1, 0.15) is 11.1 Å². The van der Waals surface area contributed by atoms with E-state index in [1.165, 1.54) is 6.21 Å². The van der Waals surface area contributed by atoms with Gasteiger partial charge in [0, 0.05) is 11.8 Å². The first-order valence-electron chi connectivity index (χ1n) is 4.68. The molecule has 0 aromatic heterocycles. The van der Waals surface area contributed by atoms with Gasteiger partial charge in [0.15, 0.2) is 0 Å². The molecule has 0 heterocycles. The number of allylic oxidation sites excluding steroid dienone is 1. The molecule has 3 heteroatoms. The van der Waals surface area contributed by atoms with Crippen LogP contribution in [0.5, 0.6) is 5.75 Å². The molecule has 0 bridgehead atoms. The molecular weight excluding hydrogens is 188 g/mol. The number of rotatable bonds is 4. The van der Waals surface area contributed by atoms with Crippen molar-refractivity contribution in [1.82, 2.24) is 0 Å². The van der Waals surface area contributed by atoms with Crippen molar-refractivity contribution in [2.45, 2.75) is 6.92 Å². The second kappa shape index (κ2) is 5.20. The number of hydrogen-bond acceptors (Lipinski definition) is 2. The van der Waals surface area contributed by atoms with Crippen LogP contribution in [-0.4, -0.2) is 20.4 Å². The Morgan fingerprint density at radius 3 is 2.73 bits per heavy atom. The van der Waals surface area contributed by atoms with Crippen LogP contribution < -0.4 is 4.74 Å². The van der Waals surface area contributed by atoms with Gasteiger partial charge in [0.1, 0.15) is 5.75 Å². The minimum absolute atomic E-state index is 0.748. The summed E-state index contributed by atoms with van der Waals surface area (Å²) in [4.78, 5) is 0. The Hall–Kier alpha value is -1.77. The predicted molar refractivity (Wildman–Crippen MR) is 63.8 cm³/mol. The molecule has 1 rings (SSSR count). The SMILES string of the molecule is C[N-]/C=C(\C=N)c1cccc(C)c1OC. The first-order chi connectivity index (χ1) is 7.24. The number of ether oxygens (including phenoxy) is 1. The first kappa shape index (κ1) is 11.3. The van der Waals surface area contributed by atoms with Gasteiger partial charge in [-0.05, 0) is 18.1 Å².